The Morgan fingerprint density at radius 2 is 2.00 bits per heavy atom. The molecule has 1 heterocycles. The highest BCUT2D eigenvalue weighted by atomic mass is 16.3. The van der Waals surface area contributed by atoms with Gasteiger partial charge in [-0.3, -0.25) is 9.59 Å². The van der Waals surface area contributed by atoms with Crippen molar-refractivity contribution < 1.29 is 14.7 Å². The van der Waals surface area contributed by atoms with Crippen molar-refractivity contribution in [1.29, 1.82) is 0 Å². The van der Waals surface area contributed by atoms with Gasteiger partial charge >= 0.3 is 0 Å². The zero-order chi connectivity index (χ0) is 12.4. The Bertz CT molecular complexity index is 438. The Morgan fingerprint density at radius 1 is 1.35 bits per heavy atom. The van der Waals surface area contributed by atoms with Crippen LogP contribution in [0.3, 0.4) is 0 Å². The Labute approximate surface area is 99.9 Å². The SMILES string of the molecule is CC(=O)c1ccc(N2CCC(O)CC2=O)cc1. The molecule has 1 aliphatic heterocycles. The van der Waals surface area contributed by atoms with Crippen LogP contribution in [0.2, 0.25) is 0 Å². The van der Waals surface area contributed by atoms with E-state index in [0.717, 1.165) is 5.69 Å². The third kappa shape index (κ3) is 2.53. The van der Waals surface area contributed by atoms with Crippen LogP contribution in [0.25, 0.3) is 0 Å². The molecule has 0 aliphatic carbocycles. The lowest BCUT2D eigenvalue weighted by molar-refractivity contribution is -0.122. The van der Waals surface area contributed by atoms with Crippen LogP contribution in [0.1, 0.15) is 30.1 Å². The quantitative estimate of drug-likeness (QED) is 0.785. The lowest BCUT2D eigenvalue weighted by Gasteiger charge is -2.29. The Kier molecular flexibility index (Phi) is 3.24. The summed E-state index contributed by atoms with van der Waals surface area (Å²) in [5, 5.41) is 9.37. The summed E-state index contributed by atoms with van der Waals surface area (Å²) < 4.78 is 0. The van der Waals surface area contributed by atoms with Crippen LogP contribution in [0.15, 0.2) is 24.3 Å². The molecule has 1 amide bonds. The van der Waals surface area contributed by atoms with E-state index in [1.165, 1.54) is 6.92 Å². The van der Waals surface area contributed by atoms with E-state index in [0.29, 0.717) is 18.5 Å². The molecular weight excluding hydrogens is 218 g/mol. The molecule has 1 fully saturated rings. The van der Waals surface area contributed by atoms with Gasteiger partial charge in [-0.05, 0) is 37.6 Å². The molecule has 90 valence electrons. The van der Waals surface area contributed by atoms with Crippen molar-refractivity contribution in [3.63, 3.8) is 0 Å². The van der Waals surface area contributed by atoms with Crippen LogP contribution in [0.5, 0.6) is 0 Å². The molecule has 1 N–H and O–H groups in total. The third-order valence-electron chi connectivity index (χ3n) is 2.98. The van der Waals surface area contributed by atoms with Crippen LogP contribution in [-0.2, 0) is 4.79 Å². The minimum absolute atomic E-state index is 0.0111. The van der Waals surface area contributed by atoms with Gasteiger partial charge in [0.25, 0.3) is 0 Å². The average Bonchev–Trinajstić information content (AvgIpc) is 2.29. The van der Waals surface area contributed by atoms with Gasteiger partial charge in [-0.25, -0.2) is 0 Å². The topological polar surface area (TPSA) is 57.6 Å². The van der Waals surface area contributed by atoms with Crippen LogP contribution in [0.4, 0.5) is 5.69 Å². The van der Waals surface area contributed by atoms with Crippen molar-refractivity contribution in [2.24, 2.45) is 0 Å². The molecule has 4 heteroatoms. The molecular formula is C13H15NO3. The molecule has 4 nitrogen and oxygen atoms in total. The summed E-state index contributed by atoms with van der Waals surface area (Å²) in [5.41, 5.74) is 1.42. The fourth-order valence-electron chi connectivity index (χ4n) is 1.97. The molecule has 0 radical (unpaired) electrons. The number of benzene rings is 1. The average molecular weight is 233 g/mol. The van der Waals surface area contributed by atoms with Crippen LogP contribution in [-0.4, -0.2) is 29.4 Å². The van der Waals surface area contributed by atoms with Crippen molar-refractivity contribution in [2.45, 2.75) is 25.9 Å². The zero-order valence-corrected chi connectivity index (χ0v) is 9.72. The van der Waals surface area contributed by atoms with E-state index in [9.17, 15) is 14.7 Å². The largest absolute Gasteiger partial charge is 0.393 e. The first-order valence-electron chi connectivity index (χ1n) is 5.67. The number of Topliss-reactive ketones (excluding diaryl/α,β-unsaturated/α-hetero) is 1. The smallest absolute Gasteiger partial charge is 0.229 e. The Morgan fingerprint density at radius 3 is 2.53 bits per heavy atom. The molecule has 1 aliphatic rings. The molecule has 1 unspecified atom stereocenters. The zero-order valence-electron chi connectivity index (χ0n) is 9.72. The van der Waals surface area contributed by atoms with Gasteiger partial charge in [-0.1, -0.05) is 0 Å². The monoisotopic (exact) mass is 233 g/mol. The molecule has 0 bridgehead atoms. The van der Waals surface area contributed by atoms with Gasteiger partial charge in [0.2, 0.25) is 5.91 Å². The van der Waals surface area contributed by atoms with E-state index in [1.54, 1.807) is 29.2 Å². The molecule has 2 rings (SSSR count). The van der Waals surface area contributed by atoms with Gasteiger partial charge in [0.1, 0.15) is 0 Å². The Balaban J connectivity index is 2.17. The highest BCUT2D eigenvalue weighted by Crippen LogP contribution is 2.21. The van der Waals surface area contributed by atoms with Gasteiger partial charge in [-0.15, -0.1) is 0 Å². The second-order valence-corrected chi connectivity index (χ2v) is 4.30. The Hall–Kier alpha value is -1.68. The first-order chi connectivity index (χ1) is 8.08. The lowest BCUT2D eigenvalue weighted by atomic mass is 10.1. The summed E-state index contributed by atoms with van der Waals surface area (Å²) in [5.74, 6) is -0.0590. The second-order valence-electron chi connectivity index (χ2n) is 4.30. The summed E-state index contributed by atoms with van der Waals surface area (Å²) in [6, 6.07) is 6.98. The van der Waals surface area contributed by atoms with E-state index in [2.05, 4.69) is 0 Å². The van der Waals surface area contributed by atoms with E-state index in [1.807, 2.05) is 0 Å². The van der Waals surface area contributed by atoms with Gasteiger partial charge < -0.3 is 10.0 Å². The number of aliphatic hydroxyl groups excluding tert-OH is 1. The summed E-state index contributed by atoms with van der Waals surface area (Å²) in [6.45, 7) is 2.04. The van der Waals surface area contributed by atoms with Gasteiger partial charge in [-0.2, -0.15) is 0 Å². The lowest BCUT2D eigenvalue weighted by Crippen LogP contribution is -2.40. The van der Waals surface area contributed by atoms with Gasteiger partial charge in [0.05, 0.1) is 12.5 Å². The number of aliphatic hydroxyl groups is 1. The van der Waals surface area contributed by atoms with E-state index in [4.69, 9.17) is 0 Å². The van der Waals surface area contributed by atoms with Crippen molar-refractivity contribution >= 4 is 17.4 Å². The van der Waals surface area contributed by atoms with Gasteiger partial charge in [0, 0.05) is 17.8 Å². The van der Waals surface area contributed by atoms with Gasteiger partial charge in [0.15, 0.2) is 5.78 Å². The minimum Gasteiger partial charge on any atom is -0.393 e. The number of amides is 1. The van der Waals surface area contributed by atoms with E-state index >= 15 is 0 Å². The molecule has 1 aromatic rings. The third-order valence-corrected chi connectivity index (χ3v) is 2.98. The second kappa shape index (κ2) is 4.67. The molecule has 1 atom stereocenters. The number of anilines is 1. The summed E-state index contributed by atoms with van der Waals surface area (Å²) in [6.07, 6.45) is 0.254. The van der Waals surface area contributed by atoms with Crippen molar-refractivity contribution in [3.8, 4) is 0 Å². The standard InChI is InChI=1S/C13H15NO3/c1-9(15)10-2-4-11(5-3-10)14-7-6-12(16)8-13(14)17/h2-5,12,16H,6-8H2,1H3. The maximum atomic E-state index is 11.7. The maximum absolute atomic E-state index is 11.7. The minimum atomic E-state index is -0.518. The van der Waals surface area contributed by atoms with Crippen molar-refractivity contribution in [1.82, 2.24) is 0 Å². The molecule has 0 spiro atoms. The fourth-order valence-corrected chi connectivity index (χ4v) is 1.97. The highest BCUT2D eigenvalue weighted by molar-refractivity contribution is 5.97. The first kappa shape index (κ1) is 11.8. The molecule has 0 aromatic heterocycles. The fraction of sp³-hybridized carbons (Fsp3) is 0.385. The number of piperidine rings is 1. The van der Waals surface area contributed by atoms with Crippen LogP contribution < -0.4 is 4.90 Å². The number of rotatable bonds is 2. The summed E-state index contributed by atoms with van der Waals surface area (Å²) in [4.78, 5) is 24.5. The summed E-state index contributed by atoms with van der Waals surface area (Å²) in [7, 11) is 0. The van der Waals surface area contributed by atoms with Crippen molar-refractivity contribution in [3.05, 3.63) is 29.8 Å². The highest BCUT2D eigenvalue weighted by Gasteiger charge is 2.25. The summed E-state index contributed by atoms with van der Waals surface area (Å²) >= 11 is 0. The molecule has 1 aromatic carbocycles. The number of hydrogen-bond donors (Lipinski definition) is 1. The predicted molar refractivity (Wildman–Crippen MR) is 64.0 cm³/mol. The first-order valence-corrected chi connectivity index (χ1v) is 5.67. The number of carbonyl (C=O) groups excluding carboxylic acids is 2. The van der Waals surface area contributed by atoms with Crippen LogP contribution >= 0.6 is 0 Å². The molecule has 0 saturated carbocycles. The molecule has 17 heavy (non-hydrogen) atoms. The predicted octanol–water partition coefficient (Wildman–Crippen LogP) is 1.38. The van der Waals surface area contributed by atoms with E-state index in [-0.39, 0.29) is 18.1 Å². The number of hydrogen-bond acceptors (Lipinski definition) is 3. The maximum Gasteiger partial charge on any atom is 0.229 e. The molecule has 1 saturated heterocycles. The van der Waals surface area contributed by atoms with E-state index < -0.39 is 6.10 Å². The number of carbonyl (C=O) groups is 2. The normalized spacial score (nSPS) is 20.5. The van der Waals surface area contributed by atoms with Crippen molar-refractivity contribution in [2.75, 3.05) is 11.4 Å². The number of nitrogens with zero attached hydrogens (tertiary/aromatic N) is 1. The number of ketones is 1. The van der Waals surface area contributed by atoms with Crippen LogP contribution in [0, 0.1) is 0 Å².